The number of carboxylic acids is 1. The van der Waals surface area contributed by atoms with Gasteiger partial charge in [-0.3, -0.25) is 10.1 Å². The number of carbonyl (C=O) groups is 1. The van der Waals surface area contributed by atoms with Crippen LogP contribution in [0.4, 0.5) is 11.4 Å². The number of nitro benzene ring substituents is 1. The fourth-order valence-electron chi connectivity index (χ4n) is 1.80. The standard InChI is InChI=1S/C15H20N2O4/c1-5-15(2,3)16(4)12-7-8-13(17(20)21)11(10-12)6-9-14(18)19/h6-10H,5H2,1-4H3,(H,18,19)/b9-6+. The van der Waals surface area contributed by atoms with E-state index in [-0.39, 0.29) is 16.8 Å². The molecule has 0 spiro atoms. The molecule has 0 saturated heterocycles. The zero-order chi connectivity index (χ0) is 16.2. The Hall–Kier alpha value is -2.37. The molecule has 0 amide bonds. The largest absolute Gasteiger partial charge is 0.478 e. The van der Waals surface area contributed by atoms with Crippen LogP contribution in [-0.2, 0) is 4.79 Å². The Morgan fingerprint density at radius 2 is 2.10 bits per heavy atom. The molecular formula is C15H20N2O4. The van der Waals surface area contributed by atoms with Crippen molar-refractivity contribution >= 4 is 23.4 Å². The molecule has 0 aliphatic rings. The summed E-state index contributed by atoms with van der Waals surface area (Å²) in [6.07, 6.45) is 3.05. The van der Waals surface area contributed by atoms with Crippen molar-refractivity contribution in [3.63, 3.8) is 0 Å². The molecule has 0 fully saturated rings. The number of nitro groups is 1. The number of hydrogen-bond donors (Lipinski definition) is 1. The van der Waals surface area contributed by atoms with E-state index in [0.29, 0.717) is 0 Å². The number of aliphatic carboxylic acids is 1. The maximum atomic E-state index is 11.0. The summed E-state index contributed by atoms with van der Waals surface area (Å²) < 4.78 is 0. The van der Waals surface area contributed by atoms with Crippen LogP contribution in [0.15, 0.2) is 24.3 Å². The van der Waals surface area contributed by atoms with Crippen molar-refractivity contribution < 1.29 is 14.8 Å². The molecule has 1 rings (SSSR count). The summed E-state index contributed by atoms with van der Waals surface area (Å²) in [5.74, 6) is -1.14. The minimum Gasteiger partial charge on any atom is -0.478 e. The maximum Gasteiger partial charge on any atom is 0.328 e. The second-order valence-corrected chi connectivity index (χ2v) is 5.40. The highest BCUT2D eigenvalue weighted by molar-refractivity contribution is 5.86. The van der Waals surface area contributed by atoms with Gasteiger partial charge in [0, 0.05) is 30.4 Å². The van der Waals surface area contributed by atoms with Crippen molar-refractivity contribution in [3.8, 4) is 0 Å². The first-order valence-electron chi connectivity index (χ1n) is 6.62. The van der Waals surface area contributed by atoms with Gasteiger partial charge in [-0.25, -0.2) is 4.79 Å². The molecule has 0 bridgehead atoms. The van der Waals surface area contributed by atoms with Crippen LogP contribution >= 0.6 is 0 Å². The lowest BCUT2D eigenvalue weighted by molar-refractivity contribution is -0.385. The third kappa shape index (κ3) is 4.05. The Morgan fingerprint density at radius 1 is 1.48 bits per heavy atom. The van der Waals surface area contributed by atoms with Crippen LogP contribution in [0.2, 0.25) is 0 Å². The molecule has 0 heterocycles. The highest BCUT2D eigenvalue weighted by Crippen LogP contribution is 2.30. The highest BCUT2D eigenvalue weighted by atomic mass is 16.6. The normalized spacial score (nSPS) is 11.6. The Labute approximate surface area is 123 Å². The summed E-state index contributed by atoms with van der Waals surface area (Å²) in [6.45, 7) is 6.20. The van der Waals surface area contributed by atoms with Crippen LogP contribution in [0.25, 0.3) is 6.08 Å². The average molecular weight is 292 g/mol. The van der Waals surface area contributed by atoms with Crippen molar-refractivity contribution in [3.05, 3.63) is 40.0 Å². The summed E-state index contributed by atoms with van der Waals surface area (Å²) in [5, 5.41) is 19.7. The molecule has 6 heteroatoms. The molecular weight excluding hydrogens is 272 g/mol. The van der Waals surface area contributed by atoms with E-state index in [4.69, 9.17) is 5.11 Å². The van der Waals surface area contributed by atoms with Crippen molar-refractivity contribution in [1.82, 2.24) is 0 Å². The zero-order valence-corrected chi connectivity index (χ0v) is 12.7. The van der Waals surface area contributed by atoms with Gasteiger partial charge in [-0.2, -0.15) is 0 Å². The molecule has 114 valence electrons. The molecule has 0 aliphatic heterocycles. The van der Waals surface area contributed by atoms with Gasteiger partial charge in [-0.1, -0.05) is 6.92 Å². The topological polar surface area (TPSA) is 83.7 Å². The lowest BCUT2D eigenvalue weighted by Crippen LogP contribution is -2.40. The predicted molar refractivity (Wildman–Crippen MR) is 82.5 cm³/mol. The van der Waals surface area contributed by atoms with E-state index >= 15 is 0 Å². The number of anilines is 1. The number of rotatable bonds is 6. The first-order chi connectivity index (χ1) is 9.69. The minimum atomic E-state index is -1.14. The summed E-state index contributed by atoms with van der Waals surface area (Å²) in [4.78, 5) is 23.1. The molecule has 0 aromatic heterocycles. The molecule has 21 heavy (non-hydrogen) atoms. The van der Waals surface area contributed by atoms with Crippen molar-refractivity contribution in [2.24, 2.45) is 0 Å². The Morgan fingerprint density at radius 3 is 2.57 bits per heavy atom. The Bertz CT molecular complexity index is 579. The third-order valence-corrected chi connectivity index (χ3v) is 3.77. The number of nitrogens with zero attached hydrogens (tertiary/aromatic N) is 2. The zero-order valence-electron chi connectivity index (χ0n) is 12.7. The van der Waals surface area contributed by atoms with E-state index in [1.807, 2.05) is 11.9 Å². The first kappa shape index (κ1) is 16.7. The van der Waals surface area contributed by atoms with Crippen LogP contribution in [0.1, 0.15) is 32.8 Å². The molecule has 0 atom stereocenters. The van der Waals surface area contributed by atoms with Gasteiger partial charge in [0.15, 0.2) is 0 Å². The monoisotopic (exact) mass is 292 g/mol. The van der Waals surface area contributed by atoms with Gasteiger partial charge in [0.2, 0.25) is 0 Å². The molecule has 6 nitrogen and oxygen atoms in total. The van der Waals surface area contributed by atoms with Gasteiger partial charge in [0.1, 0.15) is 0 Å². The number of carboxylic acid groups (broad SMARTS) is 1. The van der Waals surface area contributed by atoms with Gasteiger partial charge in [-0.15, -0.1) is 0 Å². The summed E-state index contributed by atoms with van der Waals surface area (Å²) in [6, 6.07) is 4.71. The van der Waals surface area contributed by atoms with E-state index in [1.54, 1.807) is 12.1 Å². The van der Waals surface area contributed by atoms with Crippen LogP contribution in [0.3, 0.4) is 0 Å². The fourth-order valence-corrected chi connectivity index (χ4v) is 1.80. The summed E-state index contributed by atoms with van der Waals surface area (Å²) in [5.41, 5.74) is 0.860. The second-order valence-electron chi connectivity index (χ2n) is 5.40. The predicted octanol–water partition coefficient (Wildman–Crippen LogP) is 3.32. The first-order valence-corrected chi connectivity index (χ1v) is 6.62. The van der Waals surface area contributed by atoms with Crippen molar-refractivity contribution in [2.45, 2.75) is 32.7 Å². The third-order valence-electron chi connectivity index (χ3n) is 3.77. The fraction of sp³-hybridized carbons (Fsp3) is 0.400. The van der Waals surface area contributed by atoms with E-state index in [2.05, 4.69) is 20.8 Å². The van der Waals surface area contributed by atoms with Gasteiger partial charge in [0.05, 0.1) is 10.5 Å². The van der Waals surface area contributed by atoms with Gasteiger partial charge < -0.3 is 10.0 Å². The van der Waals surface area contributed by atoms with E-state index < -0.39 is 10.9 Å². The molecule has 0 aliphatic carbocycles. The Balaban J connectivity index is 3.30. The highest BCUT2D eigenvalue weighted by Gasteiger charge is 2.23. The molecule has 0 saturated carbocycles. The Kier molecular flexibility index (Phi) is 5.07. The van der Waals surface area contributed by atoms with Crippen LogP contribution in [-0.4, -0.2) is 28.6 Å². The van der Waals surface area contributed by atoms with E-state index in [1.165, 1.54) is 12.1 Å². The lowest BCUT2D eigenvalue weighted by Gasteiger charge is -2.36. The molecule has 0 unspecified atom stereocenters. The molecule has 1 aromatic carbocycles. The quantitative estimate of drug-likeness (QED) is 0.494. The van der Waals surface area contributed by atoms with Gasteiger partial charge >= 0.3 is 5.97 Å². The van der Waals surface area contributed by atoms with Crippen LogP contribution in [0.5, 0.6) is 0 Å². The van der Waals surface area contributed by atoms with Crippen LogP contribution < -0.4 is 4.90 Å². The number of benzene rings is 1. The smallest absolute Gasteiger partial charge is 0.328 e. The lowest BCUT2D eigenvalue weighted by atomic mass is 9.98. The van der Waals surface area contributed by atoms with Crippen LogP contribution in [0, 0.1) is 10.1 Å². The van der Waals surface area contributed by atoms with Crippen molar-refractivity contribution in [2.75, 3.05) is 11.9 Å². The molecule has 1 N–H and O–H groups in total. The SMILES string of the molecule is CCC(C)(C)N(C)c1ccc([N+](=O)[O-])c(/C=C/C(=O)O)c1. The second kappa shape index (κ2) is 6.39. The average Bonchev–Trinajstić information content (AvgIpc) is 2.43. The van der Waals surface area contributed by atoms with E-state index in [9.17, 15) is 14.9 Å². The van der Waals surface area contributed by atoms with Crippen molar-refractivity contribution in [1.29, 1.82) is 0 Å². The summed E-state index contributed by atoms with van der Waals surface area (Å²) in [7, 11) is 1.91. The van der Waals surface area contributed by atoms with E-state index in [0.717, 1.165) is 18.2 Å². The summed E-state index contributed by atoms with van der Waals surface area (Å²) >= 11 is 0. The molecule has 0 radical (unpaired) electrons. The minimum absolute atomic E-state index is 0.107. The van der Waals surface area contributed by atoms with Gasteiger partial charge in [0.25, 0.3) is 5.69 Å². The number of hydrogen-bond acceptors (Lipinski definition) is 4. The van der Waals surface area contributed by atoms with Gasteiger partial charge in [-0.05, 0) is 38.5 Å². The maximum absolute atomic E-state index is 11.0. The molecule has 1 aromatic rings.